The van der Waals surface area contributed by atoms with Gasteiger partial charge in [0.15, 0.2) is 11.5 Å². The monoisotopic (exact) mass is 575 g/mol. The molecule has 3 aliphatic rings. The lowest BCUT2D eigenvalue weighted by atomic mass is 9.95. The van der Waals surface area contributed by atoms with Gasteiger partial charge in [-0.3, -0.25) is 14.6 Å². The third kappa shape index (κ3) is 5.10. The first-order valence-electron chi connectivity index (χ1n) is 14.3. The van der Waals surface area contributed by atoms with E-state index in [-0.39, 0.29) is 29.5 Å². The Hall–Kier alpha value is -3.78. The van der Waals surface area contributed by atoms with Gasteiger partial charge in [-0.2, -0.15) is 0 Å². The Morgan fingerprint density at radius 2 is 1.95 bits per heavy atom. The van der Waals surface area contributed by atoms with Gasteiger partial charge < -0.3 is 24.4 Å². The fourth-order valence-electron chi connectivity index (χ4n) is 6.28. The minimum absolute atomic E-state index is 0.0177. The number of halogens is 1. The average Bonchev–Trinajstić information content (AvgIpc) is 3.59. The fourth-order valence-corrected chi connectivity index (χ4v) is 6.53. The van der Waals surface area contributed by atoms with Crippen molar-refractivity contribution >= 4 is 51.8 Å². The molecule has 3 aliphatic heterocycles. The standard InChI is InChI=1S/C32H34ClN3O5/c1-40-28-14-24-25(34-18-21-8-7-12-35(21)32(24)39)15-29(28)41-13-6-2-3-11-30(38)36-19-20(17-33)31-23-10-5-4-9-22(23)27(37)16-26(31)36/h4-5,9-10,14-16,18,20-21,37H,2-3,6-8,11-13,17,19H2,1H3/t20-,21+/m1/s1. The van der Waals surface area contributed by atoms with Gasteiger partial charge in [-0.25, -0.2) is 0 Å². The number of rotatable bonds is 9. The number of amides is 2. The second kappa shape index (κ2) is 11.6. The number of nitrogens with zero attached hydrogens (tertiary/aromatic N) is 3. The first kappa shape index (κ1) is 27.4. The number of benzene rings is 3. The number of ether oxygens (including phenoxy) is 2. The Morgan fingerprint density at radius 3 is 2.76 bits per heavy atom. The number of fused-ring (bicyclic) bond motifs is 5. The second-order valence-electron chi connectivity index (χ2n) is 10.9. The number of carbonyl (C=O) groups is 2. The average molecular weight is 576 g/mol. The Morgan fingerprint density at radius 1 is 1.12 bits per heavy atom. The lowest BCUT2D eigenvalue weighted by Crippen LogP contribution is -2.35. The van der Waals surface area contributed by atoms with E-state index in [9.17, 15) is 14.7 Å². The molecule has 6 rings (SSSR count). The van der Waals surface area contributed by atoms with Crippen LogP contribution in [0.15, 0.2) is 47.5 Å². The molecule has 1 saturated heterocycles. The highest BCUT2D eigenvalue weighted by Crippen LogP contribution is 2.45. The molecule has 0 radical (unpaired) electrons. The van der Waals surface area contributed by atoms with Gasteiger partial charge in [-0.05, 0) is 49.1 Å². The topological polar surface area (TPSA) is 91.7 Å². The largest absolute Gasteiger partial charge is 0.507 e. The van der Waals surface area contributed by atoms with Crippen molar-refractivity contribution in [3.63, 3.8) is 0 Å². The third-order valence-electron chi connectivity index (χ3n) is 8.38. The van der Waals surface area contributed by atoms with Crippen LogP contribution in [-0.2, 0) is 4.79 Å². The molecule has 214 valence electrons. The van der Waals surface area contributed by atoms with Crippen LogP contribution < -0.4 is 14.4 Å². The summed E-state index contributed by atoms with van der Waals surface area (Å²) in [7, 11) is 1.57. The molecule has 3 aromatic carbocycles. The van der Waals surface area contributed by atoms with Crippen molar-refractivity contribution in [3.05, 3.63) is 53.6 Å². The Bertz CT molecular complexity index is 1520. The molecule has 9 heteroatoms. The predicted octanol–water partition coefficient (Wildman–Crippen LogP) is 6.18. The molecule has 1 N–H and O–H groups in total. The second-order valence-corrected chi connectivity index (χ2v) is 11.2. The number of aliphatic imine (C=N–C) groups is 1. The maximum Gasteiger partial charge on any atom is 0.256 e. The molecule has 2 atom stereocenters. The minimum atomic E-state index is -0.0177. The van der Waals surface area contributed by atoms with Crippen LogP contribution in [0.3, 0.4) is 0 Å². The van der Waals surface area contributed by atoms with Gasteiger partial charge in [0.25, 0.3) is 5.91 Å². The van der Waals surface area contributed by atoms with Gasteiger partial charge in [0.05, 0.1) is 36.7 Å². The Kier molecular flexibility index (Phi) is 7.75. The molecule has 0 unspecified atom stereocenters. The summed E-state index contributed by atoms with van der Waals surface area (Å²) in [6.07, 6.45) is 6.48. The third-order valence-corrected chi connectivity index (χ3v) is 8.76. The van der Waals surface area contributed by atoms with Crippen LogP contribution in [0.5, 0.6) is 17.2 Å². The maximum atomic E-state index is 13.2. The number of carbonyl (C=O) groups excluding carboxylic acids is 2. The van der Waals surface area contributed by atoms with E-state index in [1.54, 1.807) is 30.2 Å². The SMILES string of the molecule is COc1cc2c(cc1OCCCCCC(=O)N1C[C@@H](CCl)c3c1cc(O)c1ccccc31)N=C[C@@H]1CCCN1C2=O. The number of anilines is 1. The number of methoxy groups -OCH3 is 1. The number of hydrogen-bond donors (Lipinski definition) is 1. The Labute approximate surface area is 244 Å². The number of phenolic OH excluding ortho intramolecular Hbond substituents is 1. The van der Waals surface area contributed by atoms with Gasteiger partial charge >= 0.3 is 0 Å². The fraction of sp³-hybridized carbons (Fsp3) is 0.406. The molecule has 3 heterocycles. The first-order valence-corrected chi connectivity index (χ1v) is 14.8. The smallest absolute Gasteiger partial charge is 0.256 e. The molecule has 8 nitrogen and oxygen atoms in total. The van der Waals surface area contributed by atoms with Crippen LogP contribution in [0.2, 0.25) is 0 Å². The number of hydrogen-bond acceptors (Lipinski definition) is 6. The van der Waals surface area contributed by atoms with Crippen LogP contribution in [0.4, 0.5) is 11.4 Å². The summed E-state index contributed by atoms with van der Waals surface area (Å²) < 4.78 is 11.6. The van der Waals surface area contributed by atoms with Crippen molar-refractivity contribution < 1.29 is 24.2 Å². The highest BCUT2D eigenvalue weighted by Gasteiger charge is 2.34. The lowest BCUT2D eigenvalue weighted by molar-refractivity contribution is -0.118. The number of unbranched alkanes of at least 4 members (excludes halogenated alkanes) is 2. The molecule has 1 fully saturated rings. The summed E-state index contributed by atoms with van der Waals surface area (Å²) in [6.45, 7) is 1.72. The van der Waals surface area contributed by atoms with Crippen LogP contribution in [0.1, 0.15) is 60.4 Å². The first-order chi connectivity index (χ1) is 20.0. The van der Waals surface area contributed by atoms with E-state index in [2.05, 4.69) is 4.99 Å². The van der Waals surface area contributed by atoms with Crippen LogP contribution in [0.25, 0.3) is 10.8 Å². The highest BCUT2D eigenvalue weighted by molar-refractivity contribution is 6.19. The van der Waals surface area contributed by atoms with E-state index in [1.807, 2.05) is 35.4 Å². The summed E-state index contributed by atoms with van der Waals surface area (Å²) in [5.74, 6) is 1.70. The predicted molar refractivity (Wildman–Crippen MR) is 161 cm³/mol. The zero-order chi connectivity index (χ0) is 28.5. The van der Waals surface area contributed by atoms with Gasteiger partial charge in [0.1, 0.15) is 5.75 Å². The van der Waals surface area contributed by atoms with Crippen molar-refractivity contribution in [2.45, 2.75) is 50.5 Å². The van der Waals surface area contributed by atoms with Crippen LogP contribution >= 0.6 is 11.6 Å². The molecular formula is C32H34ClN3O5. The number of alkyl halides is 1. The minimum Gasteiger partial charge on any atom is -0.507 e. The quantitative estimate of drug-likeness (QED) is 0.243. The van der Waals surface area contributed by atoms with Crippen molar-refractivity contribution in [2.24, 2.45) is 4.99 Å². The van der Waals surface area contributed by atoms with Crippen LogP contribution in [-0.4, -0.2) is 66.8 Å². The summed E-state index contributed by atoms with van der Waals surface area (Å²) in [5.41, 5.74) is 2.94. The van der Waals surface area contributed by atoms with E-state index in [0.29, 0.717) is 48.2 Å². The van der Waals surface area contributed by atoms with E-state index >= 15 is 0 Å². The highest BCUT2D eigenvalue weighted by atomic mass is 35.5. The molecular weight excluding hydrogens is 542 g/mol. The number of aromatic hydroxyl groups is 1. The lowest BCUT2D eigenvalue weighted by Gasteiger charge is -2.20. The molecule has 41 heavy (non-hydrogen) atoms. The van der Waals surface area contributed by atoms with Gasteiger partial charge in [0.2, 0.25) is 5.91 Å². The maximum absolute atomic E-state index is 13.2. The van der Waals surface area contributed by atoms with Gasteiger partial charge in [-0.15, -0.1) is 11.6 Å². The van der Waals surface area contributed by atoms with Crippen LogP contribution in [0, 0.1) is 0 Å². The van der Waals surface area contributed by atoms with Crippen molar-refractivity contribution in [3.8, 4) is 17.2 Å². The number of phenols is 1. The molecule has 0 saturated carbocycles. The molecule has 0 bridgehead atoms. The summed E-state index contributed by atoms with van der Waals surface area (Å²) in [5, 5.41) is 12.3. The van der Waals surface area contributed by atoms with Crippen molar-refractivity contribution in [2.75, 3.05) is 37.6 Å². The zero-order valence-electron chi connectivity index (χ0n) is 23.1. The molecule has 3 aromatic rings. The summed E-state index contributed by atoms with van der Waals surface area (Å²) in [6, 6.07) is 13.0. The zero-order valence-corrected chi connectivity index (χ0v) is 23.9. The summed E-state index contributed by atoms with van der Waals surface area (Å²) >= 11 is 6.31. The van der Waals surface area contributed by atoms with Gasteiger partial charge in [0, 0.05) is 55.0 Å². The summed E-state index contributed by atoms with van der Waals surface area (Å²) in [4.78, 5) is 34.5. The van der Waals surface area contributed by atoms with E-state index in [0.717, 1.165) is 60.7 Å². The van der Waals surface area contributed by atoms with E-state index in [1.165, 1.54) is 0 Å². The molecule has 0 aliphatic carbocycles. The molecule has 0 spiro atoms. The van der Waals surface area contributed by atoms with Crippen molar-refractivity contribution in [1.29, 1.82) is 0 Å². The van der Waals surface area contributed by atoms with Crippen molar-refractivity contribution in [1.82, 2.24) is 4.90 Å². The molecule has 0 aromatic heterocycles. The molecule has 2 amide bonds. The van der Waals surface area contributed by atoms with Gasteiger partial charge in [-0.1, -0.05) is 24.3 Å². The van der Waals surface area contributed by atoms with E-state index in [4.69, 9.17) is 21.1 Å². The Balaban J connectivity index is 1.05. The van der Waals surface area contributed by atoms with E-state index < -0.39 is 0 Å². The normalized spacial score (nSPS) is 19.2.